The van der Waals surface area contributed by atoms with Crippen LogP contribution in [0.2, 0.25) is 0 Å². The summed E-state index contributed by atoms with van der Waals surface area (Å²) in [6, 6.07) is 0. The number of hydrogen-bond acceptors (Lipinski definition) is 3. The van der Waals surface area contributed by atoms with E-state index < -0.39 is 0 Å². The molecule has 4 nitrogen and oxygen atoms in total. The lowest BCUT2D eigenvalue weighted by atomic mass is 10.0. The molecule has 0 aromatic carbocycles. The molecule has 0 N–H and O–H groups in total. The number of carbonyl (C=O) groups is 2. The number of rotatable bonds is 3. The second-order valence-corrected chi connectivity index (χ2v) is 4.95. The fraction of sp³-hybridized carbons (Fsp3) is 0.846. The monoisotopic (exact) mass is 239 g/mol. The van der Waals surface area contributed by atoms with E-state index in [1.807, 2.05) is 4.90 Å². The number of carbonyl (C=O) groups excluding carboxylic acids is 2. The molecule has 1 atom stereocenters. The molecule has 2 saturated heterocycles. The SMILES string of the molecule is O=C1CCN(C(=O)CCC2CCCCO2)CC1. The van der Waals surface area contributed by atoms with E-state index in [4.69, 9.17) is 4.74 Å². The van der Waals surface area contributed by atoms with Crippen molar-refractivity contribution in [2.75, 3.05) is 19.7 Å². The Bertz CT molecular complexity index is 274. The molecule has 2 rings (SSSR count). The second kappa shape index (κ2) is 6.15. The summed E-state index contributed by atoms with van der Waals surface area (Å²) in [6.45, 7) is 2.07. The number of Topliss-reactive ketones (excluding diaryl/α,β-unsaturated/α-hetero) is 1. The van der Waals surface area contributed by atoms with Crippen molar-refractivity contribution < 1.29 is 14.3 Å². The molecule has 17 heavy (non-hydrogen) atoms. The Kier molecular flexibility index (Phi) is 4.54. The van der Waals surface area contributed by atoms with Crippen molar-refractivity contribution >= 4 is 11.7 Å². The van der Waals surface area contributed by atoms with Crippen molar-refractivity contribution in [2.45, 2.75) is 51.0 Å². The normalized spacial score (nSPS) is 26.0. The Hall–Kier alpha value is -0.900. The average molecular weight is 239 g/mol. The third kappa shape index (κ3) is 3.80. The van der Waals surface area contributed by atoms with Gasteiger partial charge in [-0.3, -0.25) is 9.59 Å². The molecular formula is C13H21NO3. The van der Waals surface area contributed by atoms with E-state index in [9.17, 15) is 9.59 Å². The highest BCUT2D eigenvalue weighted by molar-refractivity contribution is 5.83. The van der Waals surface area contributed by atoms with Crippen LogP contribution in [0.1, 0.15) is 44.9 Å². The van der Waals surface area contributed by atoms with Crippen LogP contribution in [0.5, 0.6) is 0 Å². The minimum atomic E-state index is 0.187. The van der Waals surface area contributed by atoms with Gasteiger partial charge in [-0.25, -0.2) is 0 Å². The van der Waals surface area contributed by atoms with Gasteiger partial charge in [0.1, 0.15) is 5.78 Å². The van der Waals surface area contributed by atoms with Crippen LogP contribution in [0, 0.1) is 0 Å². The smallest absolute Gasteiger partial charge is 0.222 e. The molecule has 2 aliphatic rings. The van der Waals surface area contributed by atoms with E-state index >= 15 is 0 Å². The Morgan fingerprint density at radius 3 is 2.71 bits per heavy atom. The first kappa shape index (κ1) is 12.6. The zero-order valence-electron chi connectivity index (χ0n) is 10.3. The minimum absolute atomic E-state index is 0.187. The summed E-state index contributed by atoms with van der Waals surface area (Å²) in [5.74, 6) is 0.469. The van der Waals surface area contributed by atoms with Gasteiger partial charge >= 0.3 is 0 Å². The van der Waals surface area contributed by atoms with Gasteiger partial charge in [-0.15, -0.1) is 0 Å². The van der Waals surface area contributed by atoms with Crippen molar-refractivity contribution in [3.8, 4) is 0 Å². The molecule has 0 bridgehead atoms. The van der Waals surface area contributed by atoms with Crippen molar-refractivity contribution in [3.05, 3.63) is 0 Å². The first-order valence-electron chi connectivity index (χ1n) is 6.67. The third-order valence-electron chi connectivity index (χ3n) is 3.63. The maximum atomic E-state index is 11.9. The minimum Gasteiger partial charge on any atom is -0.378 e. The summed E-state index contributed by atoms with van der Waals surface area (Å²) in [7, 11) is 0. The van der Waals surface area contributed by atoms with E-state index in [0.29, 0.717) is 32.4 Å². The molecule has 0 aromatic rings. The molecule has 1 amide bonds. The molecule has 1 unspecified atom stereocenters. The number of amides is 1. The van der Waals surface area contributed by atoms with Crippen LogP contribution in [0.15, 0.2) is 0 Å². The third-order valence-corrected chi connectivity index (χ3v) is 3.63. The second-order valence-electron chi connectivity index (χ2n) is 4.95. The van der Waals surface area contributed by atoms with Gasteiger partial charge in [-0.1, -0.05) is 0 Å². The van der Waals surface area contributed by atoms with Gasteiger partial charge in [0, 0.05) is 39.0 Å². The van der Waals surface area contributed by atoms with Crippen molar-refractivity contribution in [2.24, 2.45) is 0 Å². The van der Waals surface area contributed by atoms with Crippen LogP contribution in [-0.4, -0.2) is 42.4 Å². The molecule has 0 aromatic heterocycles. The number of hydrogen-bond donors (Lipinski definition) is 0. The fourth-order valence-electron chi connectivity index (χ4n) is 2.48. The summed E-state index contributed by atoms with van der Waals surface area (Å²) >= 11 is 0. The predicted octanol–water partition coefficient (Wildman–Crippen LogP) is 1.53. The Morgan fingerprint density at radius 2 is 2.06 bits per heavy atom. The molecule has 96 valence electrons. The van der Waals surface area contributed by atoms with Gasteiger partial charge in [0.15, 0.2) is 0 Å². The molecular weight excluding hydrogens is 218 g/mol. The van der Waals surface area contributed by atoms with Crippen LogP contribution in [0.25, 0.3) is 0 Å². The summed E-state index contributed by atoms with van der Waals surface area (Å²) in [6.07, 6.45) is 6.21. The number of nitrogens with zero attached hydrogens (tertiary/aromatic N) is 1. The number of ether oxygens (including phenoxy) is 1. The van der Waals surface area contributed by atoms with Gasteiger partial charge in [0.2, 0.25) is 5.91 Å². The maximum absolute atomic E-state index is 11.9. The maximum Gasteiger partial charge on any atom is 0.222 e. The van der Waals surface area contributed by atoms with Crippen molar-refractivity contribution in [3.63, 3.8) is 0 Å². The summed E-state index contributed by atoms with van der Waals surface area (Å²) < 4.78 is 5.61. The van der Waals surface area contributed by atoms with Crippen LogP contribution >= 0.6 is 0 Å². The Morgan fingerprint density at radius 1 is 1.29 bits per heavy atom. The molecule has 0 spiro atoms. The number of piperidine rings is 1. The average Bonchev–Trinajstić information content (AvgIpc) is 2.38. The molecule has 2 heterocycles. The quantitative estimate of drug-likeness (QED) is 0.750. The molecule has 0 radical (unpaired) electrons. The van der Waals surface area contributed by atoms with Crippen LogP contribution in [0.4, 0.5) is 0 Å². The Balaban J connectivity index is 1.67. The first-order chi connectivity index (χ1) is 8.25. The number of ketones is 1. The van der Waals surface area contributed by atoms with Crippen LogP contribution in [0.3, 0.4) is 0 Å². The summed E-state index contributed by atoms with van der Waals surface area (Å²) in [5, 5.41) is 0. The Labute approximate surface area is 102 Å². The van der Waals surface area contributed by atoms with E-state index in [-0.39, 0.29) is 17.8 Å². The van der Waals surface area contributed by atoms with Crippen LogP contribution in [-0.2, 0) is 14.3 Å². The molecule has 2 fully saturated rings. The van der Waals surface area contributed by atoms with Gasteiger partial charge in [-0.2, -0.15) is 0 Å². The largest absolute Gasteiger partial charge is 0.378 e. The molecule has 0 aliphatic carbocycles. The highest BCUT2D eigenvalue weighted by Gasteiger charge is 2.22. The lowest BCUT2D eigenvalue weighted by molar-refractivity contribution is -0.135. The van der Waals surface area contributed by atoms with E-state index in [1.165, 1.54) is 6.42 Å². The lowest BCUT2D eigenvalue weighted by Crippen LogP contribution is -2.39. The van der Waals surface area contributed by atoms with Gasteiger partial charge in [0.05, 0.1) is 6.10 Å². The summed E-state index contributed by atoms with van der Waals surface area (Å²) in [4.78, 5) is 24.8. The zero-order valence-corrected chi connectivity index (χ0v) is 10.3. The van der Waals surface area contributed by atoms with Gasteiger partial charge in [-0.05, 0) is 25.7 Å². The fourth-order valence-corrected chi connectivity index (χ4v) is 2.48. The molecule has 0 saturated carbocycles. The van der Waals surface area contributed by atoms with E-state index in [2.05, 4.69) is 0 Å². The van der Waals surface area contributed by atoms with E-state index in [1.54, 1.807) is 0 Å². The summed E-state index contributed by atoms with van der Waals surface area (Å²) in [5.41, 5.74) is 0. The van der Waals surface area contributed by atoms with Gasteiger partial charge in [0.25, 0.3) is 0 Å². The van der Waals surface area contributed by atoms with Crippen molar-refractivity contribution in [1.82, 2.24) is 4.90 Å². The molecule has 2 aliphatic heterocycles. The highest BCUT2D eigenvalue weighted by Crippen LogP contribution is 2.18. The topological polar surface area (TPSA) is 46.6 Å². The van der Waals surface area contributed by atoms with E-state index in [0.717, 1.165) is 25.9 Å². The predicted molar refractivity (Wildman–Crippen MR) is 63.6 cm³/mol. The zero-order chi connectivity index (χ0) is 12.1. The van der Waals surface area contributed by atoms with Gasteiger partial charge < -0.3 is 9.64 Å². The first-order valence-corrected chi connectivity index (χ1v) is 6.67. The number of likely N-dealkylation sites (tertiary alicyclic amines) is 1. The lowest BCUT2D eigenvalue weighted by Gasteiger charge is -2.27. The standard InChI is InChI=1S/C13H21NO3/c15-11-6-8-14(9-7-11)13(16)5-4-12-3-1-2-10-17-12/h12H,1-10H2. The highest BCUT2D eigenvalue weighted by atomic mass is 16.5. The molecule has 4 heteroatoms. The van der Waals surface area contributed by atoms with Crippen molar-refractivity contribution in [1.29, 1.82) is 0 Å². The van der Waals surface area contributed by atoms with Crippen LogP contribution < -0.4 is 0 Å².